The summed E-state index contributed by atoms with van der Waals surface area (Å²) in [6.45, 7) is 12.3. The average molecular weight is 159 g/mol. The number of benzene rings is 1. The van der Waals surface area contributed by atoms with Gasteiger partial charge < -0.3 is 0 Å². The molecule has 0 aliphatic rings. The van der Waals surface area contributed by atoms with Crippen LogP contribution in [0.3, 0.4) is 0 Å². The maximum Gasteiger partial charge on any atom is -0.0111 e. The van der Waals surface area contributed by atoms with Crippen LogP contribution in [0.15, 0.2) is 6.58 Å². The molecule has 0 fully saturated rings. The van der Waals surface area contributed by atoms with E-state index in [1.807, 2.05) is 6.08 Å². The van der Waals surface area contributed by atoms with E-state index in [2.05, 4.69) is 40.3 Å². The SMILES string of the molecule is C=Cc1c(C)[c]c(C)c(C)c1C. The van der Waals surface area contributed by atoms with Crippen LogP contribution in [0.25, 0.3) is 6.08 Å². The molecule has 12 heavy (non-hydrogen) atoms. The maximum absolute atomic E-state index is 3.80. The molecular weight excluding hydrogens is 144 g/mol. The van der Waals surface area contributed by atoms with Crippen LogP contribution in [0.2, 0.25) is 0 Å². The van der Waals surface area contributed by atoms with Gasteiger partial charge in [-0.2, -0.15) is 0 Å². The van der Waals surface area contributed by atoms with E-state index in [1.54, 1.807) is 0 Å². The molecule has 0 unspecified atom stereocenters. The van der Waals surface area contributed by atoms with Gasteiger partial charge in [-0.1, -0.05) is 12.7 Å². The number of aryl methyl sites for hydroxylation is 2. The fourth-order valence-corrected chi connectivity index (χ4v) is 1.51. The Kier molecular flexibility index (Phi) is 2.37. The predicted octanol–water partition coefficient (Wildman–Crippen LogP) is 3.36. The normalized spacial score (nSPS) is 10.0. The van der Waals surface area contributed by atoms with Gasteiger partial charge in [-0.25, -0.2) is 0 Å². The second-order valence-corrected chi connectivity index (χ2v) is 3.24. The van der Waals surface area contributed by atoms with Crippen molar-refractivity contribution in [3.63, 3.8) is 0 Å². The molecule has 63 valence electrons. The van der Waals surface area contributed by atoms with E-state index >= 15 is 0 Å². The lowest BCUT2D eigenvalue weighted by Gasteiger charge is -2.10. The second kappa shape index (κ2) is 3.14. The smallest absolute Gasteiger partial charge is 0.0111 e. The third kappa shape index (κ3) is 1.29. The molecule has 0 spiro atoms. The van der Waals surface area contributed by atoms with Gasteiger partial charge in [-0.3, -0.25) is 0 Å². The summed E-state index contributed by atoms with van der Waals surface area (Å²) in [5.74, 6) is 0. The molecule has 0 atom stereocenters. The van der Waals surface area contributed by atoms with E-state index in [0.29, 0.717) is 0 Å². The van der Waals surface area contributed by atoms with E-state index in [0.717, 1.165) is 0 Å². The molecule has 0 bridgehead atoms. The fourth-order valence-electron chi connectivity index (χ4n) is 1.51. The summed E-state index contributed by atoms with van der Waals surface area (Å²) in [6.07, 6.45) is 1.91. The zero-order valence-corrected chi connectivity index (χ0v) is 8.28. The van der Waals surface area contributed by atoms with Gasteiger partial charge in [0.1, 0.15) is 0 Å². The summed E-state index contributed by atoms with van der Waals surface area (Å²) in [4.78, 5) is 0. The molecule has 0 heteroatoms. The van der Waals surface area contributed by atoms with Crippen LogP contribution in [0.5, 0.6) is 0 Å². The van der Waals surface area contributed by atoms with Crippen molar-refractivity contribution in [2.24, 2.45) is 0 Å². The Hall–Kier alpha value is -1.04. The zero-order chi connectivity index (χ0) is 9.30. The molecule has 1 aromatic carbocycles. The molecule has 0 amide bonds. The van der Waals surface area contributed by atoms with E-state index in [4.69, 9.17) is 0 Å². The summed E-state index contributed by atoms with van der Waals surface area (Å²) < 4.78 is 0. The first kappa shape index (κ1) is 9.05. The minimum Gasteiger partial charge on any atom is -0.0984 e. The van der Waals surface area contributed by atoms with Gasteiger partial charge in [0.15, 0.2) is 0 Å². The molecule has 0 saturated carbocycles. The number of hydrogen-bond acceptors (Lipinski definition) is 0. The Balaban J connectivity index is 3.51. The lowest BCUT2D eigenvalue weighted by atomic mass is 9.94. The Morgan fingerprint density at radius 2 is 1.58 bits per heavy atom. The first-order valence-electron chi connectivity index (χ1n) is 4.20. The minimum absolute atomic E-state index is 1.20. The van der Waals surface area contributed by atoms with Crippen molar-refractivity contribution in [1.29, 1.82) is 0 Å². The highest BCUT2D eigenvalue weighted by Gasteiger charge is 2.04. The van der Waals surface area contributed by atoms with Crippen LogP contribution in [-0.4, -0.2) is 0 Å². The van der Waals surface area contributed by atoms with Crippen LogP contribution in [0.4, 0.5) is 0 Å². The molecular formula is C12H15. The van der Waals surface area contributed by atoms with Gasteiger partial charge in [0.05, 0.1) is 0 Å². The highest BCUT2D eigenvalue weighted by Crippen LogP contribution is 2.21. The van der Waals surface area contributed by atoms with Crippen molar-refractivity contribution < 1.29 is 0 Å². The monoisotopic (exact) mass is 159 g/mol. The van der Waals surface area contributed by atoms with Gasteiger partial charge in [-0.05, 0) is 61.6 Å². The molecule has 0 saturated heterocycles. The minimum atomic E-state index is 1.20. The van der Waals surface area contributed by atoms with E-state index in [-0.39, 0.29) is 0 Å². The first-order chi connectivity index (χ1) is 5.57. The third-order valence-corrected chi connectivity index (χ3v) is 2.51. The van der Waals surface area contributed by atoms with E-state index in [9.17, 15) is 0 Å². The van der Waals surface area contributed by atoms with Crippen molar-refractivity contribution >= 4 is 6.08 Å². The van der Waals surface area contributed by atoms with Crippen LogP contribution in [0.1, 0.15) is 27.8 Å². The van der Waals surface area contributed by atoms with Gasteiger partial charge >= 0.3 is 0 Å². The molecule has 0 heterocycles. The van der Waals surface area contributed by atoms with Gasteiger partial charge in [0.2, 0.25) is 0 Å². The zero-order valence-electron chi connectivity index (χ0n) is 8.28. The molecule has 1 aromatic rings. The van der Waals surface area contributed by atoms with Crippen LogP contribution < -0.4 is 0 Å². The lowest BCUT2D eigenvalue weighted by molar-refractivity contribution is 1.21. The summed E-state index contributed by atoms with van der Waals surface area (Å²) in [5.41, 5.74) is 6.34. The Morgan fingerprint density at radius 3 is 2.08 bits per heavy atom. The molecule has 1 radical (unpaired) electrons. The third-order valence-electron chi connectivity index (χ3n) is 2.51. The van der Waals surface area contributed by atoms with Gasteiger partial charge in [0, 0.05) is 0 Å². The number of rotatable bonds is 1. The van der Waals surface area contributed by atoms with Gasteiger partial charge in [0.25, 0.3) is 0 Å². The van der Waals surface area contributed by atoms with Crippen molar-refractivity contribution in [3.05, 3.63) is 40.5 Å². The topological polar surface area (TPSA) is 0 Å². The molecule has 0 N–H and O–H groups in total. The molecule has 0 nitrogen and oxygen atoms in total. The van der Waals surface area contributed by atoms with Crippen LogP contribution in [0, 0.1) is 33.8 Å². The Morgan fingerprint density at radius 1 is 1.00 bits per heavy atom. The van der Waals surface area contributed by atoms with Crippen molar-refractivity contribution in [2.45, 2.75) is 27.7 Å². The number of hydrogen-bond donors (Lipinski definition) is 0. The second-order valence-electron chi connectivity index (χ2n) is 3.24. The van der Waals surface area contributed by atoms with Crippen LogP contribution >= 0.6 is 0 Å². The first-order valence-corrected chi connectivity index (χ1v) is 4.20. The van der Waals surface area contributed by atoms with Crippen molar-refractivity contribution in [2.75, 3.05) is 0 Å². The molecule has 0 aliphatic heterocycles. The summed E-state index contributed by atoms with van der Waals surface area (Å²) in [5, 5.41) is 0. The highest BCUT2D eigenvalue weighted by atomic mass is 14.1. The van der Waals surface area contributed by atoms with Crippen molar-refractivity contribution in [3.8, 4) is 0 Å². The summed E-state index contributed by atoms with van der Waals surface area (Å²) in [6, 6.07) is 3.33. The van der Waals surface area contributed by atoms with Gasteiger partial charge in [-0.15, -0.1) is 0 Å². The summed E-state index contributed by atoms with van der Waals surface area (Å²) in [7, 11) is 0. The van der Waals surface area contributed by atoms with E-state index < -0.39 is 0 Å². The Labute approximate surface area is 74.9 Å². The quantitative estimate of drug-likeness (QED) is 0.589. The molecule has 0 aliphatic carbocycles. The average Bonchev–Trinajstić information content (AvgIpc) is 2.01. The lowest BCUT2D eigenvalue weighted by Crippen LogP contribution is -1.94. The summed E-state index contributed by atoms with van der Waals surface area (Å²) >= 11 is 0. The fraction of sp³-hybridized carbons (Fsp3) is 0.333. The standard InChI is InChI=1S/C12H15/c1-6-12-9(3)7-8(2)10(4)11(12)5/h6H,1H2,2-5H3. The Bertz CT molecular complexity index is 319. The van der Waals surface area contributed by atoms with E-state index in [1.165, 1.54) is 27.8 Å². The largest absolute Gasteiger partial charge is 0.0984 e. The van der Waals surface area contributed by atoms with Crippen molar-refractivity contribution in [1.82, 2.24) is 0 Å². The molecule has 0 aromatic heterocycles. The predicted molar refractivity (Wildman–Crippen MR) is 54.3 cm³/mol. The maximum atomic E-state index is 3.80. The van der Waals surface area contributed by atoms with Crippen LogP contribution in [-0.2, 0) is 0 Å². The highest BCUT2D eigenvalue weighted by molar-refractivity contribution is 5.59. The molecule has 1 rings (SSSR count).